The lowest BCUT2D eigenvalue weighted by Gasteiger charge is -2.58. The first-order chi connectivity index (χ1) is 19.1. The number of carbonyl (C=O) groups is 4. The summed E-state index contributed by atoms with van der Waals surface area (Å²) < 4.78 is 0. The van der Waals surface area contributed by atoms with E-state index in [1.807, 2.05) is 12.1 Å². The Morgan fingerprint density at radius 1 is 0.950 bits per heavy atom. The van der Waals surface area contributed by atoms with Gasteiger partial charge in [0.15, 0.2) is 5.78 Å². The predicted molar refractivity (Wildman–Crippen MR) is 151 cm³/mol. The lowest BCUT2D eigenvalue weighted by atomic mass is 9.48. The second kappa shape index (κ2) is 10.3. The van der Waals surface area contributed by atoms with Crippen LogP contribution in [-0.2, 0) is 20.9 Å². The summed E-state index contributed by atoms with van der Waals surface area (Å²) in [4.78, 5) is 57.1. The highest BCUT2D eigenvalue weighted by Crippen LogP contribution is 2.62. The molecule has 0 radical (unpaired) electrons. The van der Waals surface area contributed by atoms with Crippen LogP contribution in [0.1, 0.15) is 74.2 Å². The molecule has 1 aliphatic heterocycles. The van der Waals surface area contributed by atoms with Crippen LogP contribution in [0.3, 0.4) is 0 Å². The van der Waals surface area contributed by atoms with Gasteiger partial charge in [-0.15, -0.1) is 0 Å². The number of hydrogen-bond donors (Lipinski definition) is 1. The van der Waals surface area contributed by atoms with E-state index in [9.17, 15) is 24.3 Å². The van der Waals surface area contributed by atoms with Crippen LogP contribution in [0.4, 0.5) is 5.69 Å². The average molecular weight is 563 g/mol. The SMILES string of the molecule is CC(=O)N1[C@H](CC23CC4CC(CC(C4)C2)C3)C(=O)N(Cc2ccc(Cl)cc2)c2ccccc2C(=O)C[C@H]1C(=O)O. The molecule has 7 rings (SSSR count). The maximum atomic E-state index is 14.8. The van der Waals surface area contributed by atoms with E-state index >= 15 is 0 Å². The van der Waals surface area contributed by atoms with Gasteiger partial charge >= 0.3 is 5.97 Å². The first-order valence-corrected chi connectivity index (χ1v) is 14.7. The second-order valence-electron chi connectivity index (χ2n) is 12.6. The lowest BCUT2D eigenvalue weighted by Crippen LogP contribution is -2.59. The topological polar surface area (TPSA) is 95.0 Å². The van der Waals surface area contributed by atoms with Crippen molar-refractivity contribution < 1.29 is 24.3 Å². The fourth-order valence-corrected chi connectivity index (χ4v) is 8.81. The molecule has 2 aromatic rings. The van der Waals surface area contributed by atoms with Crippen molar-refractivity contribution in [2.45, 2.75) is 76.9 Å². The van der Waals surface area contributed by atoms with Crippen molar-refractivity contribution in [2.75, 3.05) is 4.90 Å². The lowest BCUT2D eigenvalue weighted by molar-refractivity contribution is -0.156. The van der Waals surface area contributed by atoms with Crippen molar-refractivity contribution in [1.82, 2.24) is 4.90 Å². The van der Waals surface area contributed by atoms with E-state index in [0.29, 0.717) is 34.9 Å². The van der Waals surface area contributed by atoms with Crippen LogP contribution in [-0.4, -0.2) is 45.7 Å². The van der Waals surface area contributed by atoms with Crippen LogP contribution in [0.25, 0.3) is 0 Å². The number of para-hydroxylation sites is 1. The summed E-state index contributed by atoms with van der Waals surface area (Å²) in [5.41, 5.74) is 1.44. The van der Waals surface area contributed by atoms with Gasteiger partial charge in [0, 0.05) is 23.9 Å². The number of carboxylic acid groups (broad SMARTS) is 1. The van der Waals surface area contributed by atoms with Crippen LogP contribution in [0.5, 0.6) is 0 Å². The van der Waals surface area contributed by atoms with Gasteiger partial charge in [-0.05, 0) is 97.9 Å². The summed E-state index contributed by atoms with van der Waals surface area (Å²) in [6, 6.07) is 11.6. The minimum Gasteiger partial charge on any atom is -0.480 e. The number of benzene rings is 2. The van der Waals surface area contributed by atoms with Crippen molar-refractivity contribution in [1.29, 1.82) is 0 Å². The molecule has 0 saturated heterocycles. The predicted octanol–water partition coefficient (Wildman–Crippen LogP) is 5.74. The maximum absolute atomic E-state index is 14.8. The molecule has 2 atom stereocenters. The van der Waals surface area contributed by atoms with Gasteiger partial charge in [-0.1, -0.05) is 35.9 Å². The Kier molecular flexibility index (Phi) is 6.97. The normalized spacial score (nSPS) is 31.4. The molecule has 2 aromatic carbocycles. The molecule has 4 saturated carbocycles. The summed E-state index contributed by atoms with van der Waals surface area (Å²) in [6.45, 7) is 1.48. The highest BCUT2D eigenvalue weighted by molar-refractivity contribution is 6.30. The molecule has 1 heterocycles. The number of carboxylic acids is 1. The van der Waals surface area contributed by atoms with Gasteiger partial charge < -0.3 is 14.9 Å². The minimum atomic E-state index is -1.42. The molecule has 8 heteroatoms. The molecular formula is C32H35ClN2O5. The summed E-state index contributed by atoms with van der Waals surface area (Å²) in [7, 11) is 0. The van der Waals surface area contributed by atoms with Gasteiger partial charge in [-0.3, -0.25) is 14.4 Å². The third-order valence-electron chi connectivity index (χ3n) is 9.79. The van der Waals surface area contributed by atoms with Crippen LogP contribution in [0, 0.1) is 23.2 Å². The van der Waals surface area contributed by atoms with Crippen molar-refractivity contribution >= 4 is 40.9 Å². The van der Waals surface area contributed by atoms with Crippen molar-refractivity contribution in [3.05, 3.63) is 64.7 Å². The number of halogens is 1. The van der Waals surface area contributed by atoms with E-state index in [4.69, 9.17) is 11.6 Å². The number of fused-ring (bicyclic) bond motifs is 1. The number of hydrogen-bond acceptors (Lipinski definition) is 4. The molecule has 40 heavy (non-hydrogen) atoms. The van der Waals surface area contributed by atoms with E-state index in [2.05, 4.69) is 0 Å². The molecule has 7 nitrogen and oxygen atoms in total. The van der Waals surface area contributed by atoms with Gasteiger partial charge in [0.05, 0.1) is 12.2 Å². The number of amides is 2. The molecule has 2 amide bonds. The highest BCUT2D eigenvalue weighted by Gasteiger charge is 2.54. The van der Waals surface area contributed by atoms with Crippen LogP contribution < -0.4 is 4.90 Å². The van der Waals surface area contributed by atoms with Crippen molar-refractivity contribution in [2.24, 2.45) is 23.2 Å². The molecule has 4 fully saturated rings. The number of carbonyl (C=O) groups excluding carboxylic acids is 3. The maximum Gasteiger partial charge on any atom is 0.326 e. The number of Topliss-reactive ketones (excluding diaryl/α,β-unsaturated/α-hetero) is 1. The summed E-state index contributed by atoms with van der Waals surface area (Å²) in [5, 5.41) is 10.9. The monoisotopic (exact) mass is 562 g/mol. The van der Waals surface area contributed by atoms with E-state index in [0.717, 1.165) is 24.8 Å². The van der Waals surface area contributed by atoms with Crippen LogP contribution in [0.2, 0.25) is 5.02 Å². The standard InChI is InChI=1S/C32H35ClN2O5/c1-19(36)35-27(31(39)40)13-29(37)25-4-2-3-5-26(25)34(18-20-6-8-24(33)9-7-20)30(38)28(35)17-32-14-21-10-22(15-32)12-23(11-21)16-32/h2-9,21-23,27-28H,10-18H2,1H3,(H,39,40)/t21?,22?,23?,27-,28+,32?/m0/s1. The van der Waals surface area contributed by atoms with Gasteiger partial charge in [-0.25, -0.2) is 4.79 Å². The zero-order valence-electron chi connectivity index (χ0n) is 22.7. The van der Waals surface area contributed by atoms with Crippen LogP contribution >= 0.6 is 11.6 Å². The largest absolute Gasteiger partial charge is 0.480 e. The summed E-state index contributed by atoms with van der Waals surface area (Å²) in [6.07, 6.45) is 6.78. The number of nitrogens with zero attached hydrogens (tertiary/aromatic N) is 2. The Labute approximate surface area is 239 Å². The average Bonchev–Trinajstić information content (AvgIpc) is 2.93. The number of rotatable bonds is 5. The van der Waals surface area contributed by atoms with Crippen LogP contribution in [0.15, 0.2) is 48.5 Å². The summed E-state index contributed by atoms with van der Waals surface area (Å²) in [5.74, 6) is -0.618. The second-order valence-corrected chi connectivity index (χ2v) is 13.0. The Morgan fingerprint density at radius 2 is 1.55 bits per heavy atom. The summed E-state index contributed by atoms with van der Waals surface area (Å²) >= 11 is 6.12. The third kappa shape index (κ3) is 4.93. The molecule has 4 aliphatic carbocycles. The van der Waals surface area contributed by atoms with Gasteiger partial charge in [-0.2, -0.15) is 0 Å². The first-order valence-electron chi connectivity index (χ1n) is 14.3. The Bertz CT molecular complexity index is 1320. The zero-order chi connectivity index (χ0) is 28.2. The molecule has 5 aliphatic rings. The molecule has 4 bridgehead atoms. The smallest absolute Gasteiger partial charge is 0.326 e. The number of aliphatic carboxylic acids is 1. The molecule has 210 valence electrons. The third-order valence-corrected chi connectivity index (χ3v) is 10.0. The molecule has 0 aromatic heterocycles. The molecule has 0 spiro atoms. The number of ketones is 1. The Morgan fingerprint density at radius 3 is 2.12 bits per heavy atom. The molecule has 0 unspecified atom stereocenters. The molecule has 1 N–H and O–H groups in total. The fourth-order valence-electron chi connectivity index (χ4n) is 8.68. The van der Waals surface area contributed by atoms with E-state index < -0.39 is 29.7 Å². The van der Waals surface area contributed by atoms with Crippen molar-refractivity contribution in [3.63, 3.8) is 0 Å². The fraction of sp³-hybridized carbons (Fsp3) is 0.500. The highest BCUT2D eigenvalue weighted by atomic mass is 35.5. The van der Waals surface area contributed by atoms with Gasteiger partial charge in [0.1, 0.15) is 12.1 Å². The number of anilines is 1. The molecular weight excluding hydrogens is 528 g/mol. The van der Waals surface area contributed by atoms with Gasteiger partial charge in [0.25, 0.3) is 0 Å². The quantitative estimate of drug-likeness (QED) is 0.502. The minimum absolute atomic E-state index is 0.102. The van der Waals surface area contributed by atoms with Crippen molar-refractivity contribution in [3.8, 4) is 0 Å². The Hall–Kier alpha value is -3.19. The van der Waals surface area contributed by atoms with E-state index in [-0.39, 0.29) is 29.9 Å². The Balaban J connectivity index is 1.48. The first kappa shape index (κ1) is 27.0. The zero-order valence-corrected chi connectivity index (χ0v) is 23.5. The van der Waals surface area contributed by atoms with E-state index in [1.54, 1.807) is 41.3 Å². The van der Waals surface area contributed by atoms with E-state index in [1.165, 1.54) is 31.1 Å². The van der Waals surface area contributed by atoms with Gasteiger partial charge in [0.2, 0.25) is 11.8 Å².